The predicted molar refractivity (Wildman–Crippen MR) is 78.6 cm³/mol. The van der Waals surface area contributed by atoms with E-state index in [-0.39, 0.29) is 0 Å². The molecule has 21 heavy (non-hydrogen) atoms. The zero-order chi connectivity index (χ0) is 15.1. The zero-order valence-electron chi connectivity index (χ0n) is 11.2. The van der Waals surface area contributed by atoms with Crippen molar-refractivity contribution < 1.29 is 14.4 Å². The molecule has 0 unspecified atom stereocenters. The first-order valence-corrected chi connectivity index (χ1v) is 6.39. The molecule has 5 heteroatoms. The van der Waals surface area contributed by atoms with Crippen LogP contribution in [0.2, 0.25) is 0 Å². The Morgan fingerprint density at radius 3 is 1.95 bits per heavy atom. The van der Waals surface area contributed by atoms with E-state index in [9.17, 15) is 14.4 Å². The Balaban J connectivity index is 1.84. The second-order valence-corrected chi connectivity index (χ2v) is 4.33. The van der Waals surface area contributed by atoms with Crippen LogP contribution in [-0.4, -0.2) is 17.7 Å². The highest BCUT2D eigenvalue weighted by Gasteiger charge is 2.13. The maximum absolute atomic E-state index is 11.7. The normalized spacial score (nSPS) is 9.71. The van der Waals surface area contributed by atoms with Gasteiger partial charge in [-0.05, 0) is 24.3 Å². The molecule has 2 aromatic rings. The van der Waals surface area contributed by atoms with Crippen LogP contribution in [0.1, 0.15) is 16.8 Å². The Kier molecular flexibility index (Phi) is 4.82. The molecule has 0 aliphatic heterocycles. The van der Waals surface area contributed by atoms with Crippen molar-refractivity contribution in [2.75, 3.05) is 5.32 Å². The van der Waals surface area contributed by atoms with Crippen LogP contribution in [0.3, 0.4) is 0 Å². The number of carbonyl (C=O) groups is 3. The monoisotopic (exact) mass is 282 g/mol. The fourth-order valence-electron chi connectivity index (χ4n) is 1.71. The van der Waals surface area contributed by atoms with E-state index in [0.29, 0.717) is 11.3 Å². The largest absolute Gasteiger partial charge is 0.326 e. The molecule has 3 amide bonds. The van der Waals surface area contributed by atoms with Crippen LogP contribution in [0.15, 0.2) is 60.7 Å². The highest BCUT2D eigenvalue weighted by molar-refractivity contribution is 6.11. The summed E-state index contributed by atoms with van der Waals surface area (Å²) in [6, 6.07) is 17.1. The smallest absolute Gasteiger partial charge is 0.257 e. The second-order valence-electron chi connectivity index (χ2n) is 4.33. The van der Waals surface area contributed by atoms with Crippen LogP contribution in [-0.2, 0) is 9.59 Å². The van der Waals surface area contributed by atoms with Gasteiger partial charge in [-0.2, -0.15) is 0 Å². The molecule has 2 aromatic carbocycles. The van der Waals surface area contributed by atoms with E-state index in [4.69, 9.17) is 0 Å². The summed E-state index contributed by atoms with van der Waals surface area (Å²) in [4.78, 5) is 35.0. The third-order valence-corrected chi connectivity index (χ3v) is 2.67. The van der Waals surface area contributed by atoms with Gasteiger partial charge >= 0.3 is 0 Å². The van der Waals surface area contributed by atoms with Crippen molar-refractivity contribution in [3.8, 4) is 0 Å². The van der Waals surface area contributed by atoms with Crippen molar-refractivity contribution >= 4 is 23.4 Å². The first kappa shape index (κ1) is 14.5. The Morgan fingerprint density at radius 1 is 0.762 bits per heavy atom. The zero-order valence-corrected chi connectivity index (χ0v) is 11.2. The number of carbonyl (C=O) groups excluding carboxylic acids is 3. The molecule has 0 radical (unpaired) electrons. The van der Waals surface area contributed by atoms with E-state index in [0.717, 1.165) is 0 Å². The third-order valence-electron chi connectivity index (χ3n) is 2.67. The molecule has 0 aromatic heterocycles. The van der Waals surface area contributed by atoms with Gasteiger partial charge in [0.05, 0.1) is 0 Å². The van der Waals surface area contributed by atoms with E-state index in [1.807, 2.05) is 6.07 Å². The van der Waals surface area contributed by atoms with Crippen LogP contribution in [0.25, 0.3) is 0 Å². The Bertz CT molecular complexity index is 639. The molecule has 0 atom stereocenters. The molecular formula is C16H14N2O3. The highest BCUT2D eigenvalue weighted by Crippen LogP contribution is 2.05. The van der Waals surface area contributed by atoms with Gasteiger partial charge in [-0.15, -0.1) is 0 Å². The number of amides is 3. The lowest BCUT2D eigenvalue weighted by atomic mass is 10.2. The van der Waals surface area contributed by atoms with Crippen LogP contribution in [0, 0.1) is 0 Å². The van der Waals surface area contributed by atoms with E-state index in [1.165, 1.54) is 0 Å². The summed E-state index contributed by atoms with van der Waals surface area (Å²) in [6.45, 7) is 0. The number of imide groups is 1. The third kappa shape index (κ3) is 4.58. The van der Waals surface area contributed by atoms with Gasteiger partial charge in [0.25, 0.3) is 5.91 Å². The number of hydrogen-bond acceptors (Lipinski definition) is 3. The summed E-state index contributed by atoms with van der Waals surface area (Å²) in [5.74, 6) is -1.63. The fraction of sp³-hybridized carbons (Fsp3) is 0.0625. The molecule has 106 valence electrons. The quantitative estimate of drug-likeness (QED) is 0.842. The summed E-state index contributed by atoms with van der Waals surface area (Å²) in [7, 11) is 0. The molecule has 0 fully saturated rings. The van der Waals surface area contributed by atoms with Crippen LogP contribution in [0.4, 0.5) is 5.69 Å². The maximum Gasteiger partial charge on any atom is 0.257 e. The van der Waals surface area contributed by atoms with Gasteiger partial charge in [0.2, 0.25) is 11.8 Å². The van der Waals surface area contributed by atoms with Crippen molar-refractivity contribution in [3.63, 3.8) is 0 Å². The number of rotatable bonds is 4. The Labute approximate surface area is 122 Å². The van der Waals surface area contributed by atoms with Crippen molar-refractivity contribution in [2.45, 2.75) is 6.42 Å². The highest BCUT2D eigenvalue weighted by atomic mass is 16.2. The average molecular weight is 282 g/mol. The van der Waals surface area contributed by atoms with Crippen LogP contribution in [0.5, 0.6) is 0 Å². The van der Waals surface area contributed by atoms with E-state index in [2.05, 4.69) is 10.6 Å². The summed E-state index contributed by atoms with van der Waals surface area (Å²) in [5, 5.41) is 4.75. The molecule has 0 bridgehead atoms. The number of nitrogens with one attached hydrogen (secondary N) is 2. The minimum atomic E-state index is -0.641. The van der Waals surface area contributed by atoms with Gasteiger partial charge in [0, 0.05) is 11.3 Å². The van der Waals surface area contributed by atoms with Crippen LogP contribution >= 0.6 is 0 Å². The lowest BCUT2D eigenvalue weighted by Crippen LogP contribution is -2.33. The van der Waals surface area contributed by atoms with Gasteiger partial charge in [0.1, 0.15) is 6.42 Å². The molecule has 0 spiro atoms. The number of benzene rings is 2. The standard InChI is InChI=1S/C16H14N2O3/c19-14(17-13-9-5-2-6-10-13)11-15(20)18-16(21)12-7-3-1-4-8-12/h1-10H,11H2,(H,17,19)(H,18,20,21). The minimum Gasteiger partial charge on any atom is -0.326 e. The topological polar surface area (TPSA) is 75.3 Å². The van der Waals surface area contributed by atoms with Crippen molar-refractivity contribution in [1.82, 2.24) is 5.32 Å². The van der Waals surface area contributed by atoms with Crippen molar-refractivity contribution in [3.05, 3.63) is 66.2 Å². The average Bonchev–Trinajstić information content (AvgIpc) is 2.48. The molecule has 2 N–H and O–H groups in total. The predicted octanol–water partition coefficient (Wildman–Crippen LogP) is 1.97. The summed E-state index contributed by atoms with van der Waals surface area (Å²) >= 11 is 0. The first-order valence-electron chi connectivity index (χ1n) is 6.39. The second kappa shape index (κ2) is 7.00. The number of hydrogen-bond donors (Lipinski definition) is 2. The lowest BCUT2D eigenvalue weighted by Gasteiger charge is -2.05. The van der Waals surface area contributed by atoms with Gasteiger partial charge in [0.15, 0.2) is 0 Å². The lowest BCUT2D eigenvalue weighted by molar-refractivity contribution is -0.126. The van der Waals surface area contributed by atoms with Gasteiger partial charge in [-0.1, -0.05) is 36.4 Å². The van der Waals surface area contributed by atoms with Gasteiger partial charge in [-0.3, -0.25) is 19.7 Å². The van der Waals surface area contributed by atoms with E-state index < -0.39 is 24.1 Å². The molecule has 0 aliphatic rings. The maximum atomic E-state index is 11.7. The van der Waals surface area contributed by atoms with E-state index >= 15 is 0 Å². The Morgan fingerprint density at radius 2 is 1.33 bits per heavy atom. The summed E-state index contributed by atoms with van der Waals surface area (Å²) < 4.78 is 0. The molecule has 0 saturated heterocycles. The minimum absolute atomic E-state index is 0.370. The molecule has 0 heterocycles. The number of para-hydroxylation sites is 1. The van der Waals surface area contributed by atoms with Crippen LogP contribution < -0.4 is 10.6 Å². The summed E-state index contributed by atoms with van der Waals surface area (Å²) in [5.41, 5.74) is 0.971. The first-order chi connectivity index (χ1) is 10.1. The Hall–Kier alpha value is -2.95. The van der Waals surface area contributed by atoms with Gasteiger partial charge in [-0.25, -0.2) is 0 Å². The number of anilines is 1. The van der Waals surface area contributed by atoms with Crippen molar-refractivity contribution in [2.24, 2.45) is 0 Å². The fourth-order valence-corrected chi connectivity index (χ4v) is 1.71. The SMILES string of the molecule is O=C(CC(=O)Nc1ccccc1)NC(=O)c1ccccc1. The molecule has 5 nitrogen and oxygen atoms in total. The van der Waals surface area contributed by atoms with E-state index in [1.54, 1.807) is 54.6 Å². The summed E-state index contributed by atoms with van der Waals surface area (Å²) in [6.07, 6.45) is -0.409. The van der Waals surface area contributed by atoms with Gasteiger partial charge < -0.3 is 5.32 Å². The molecule has 2 rings (SSSR count). The molecule has 0 saturated carbocycles. The molecule has 0 aliphatic carbocycles. The molecular weight excluding hydrogens is 268 g/mol. The van der Waals surface area contributed by atoms with Crippen molar-refractivity contribution in [1.29, 1.82) is 0 Å².